The summed E-state index contributed by atoms with van der Waals surface area (Å²) in [4.78, 5) is 30.9. The molecule has 3 aromatic carbocycles. The predicted octanol–water partition coefficient (Wildman–Crippen LogP) is 5.11. The fourth-order valence-corrected chi connectivity index (χ4v) is 2.11. The topological polar surface area (TPSA) is 132 Å². The number of aromatic hydroxyl groups is 1. The van der Waals surface area contributed by atoms with Crippen molar-refractivity contribution in [2.45, 2.75) is 21.3 Å². The lowest BCUT2D eigenvalue weighted by Crippen LogP contribution is -1.95. The molecule has 4 N–H and O–H groups in total. The number of carboxylic acid groups (broad SMARTS) is 3. The predicted molar refractivity (Wildman–Crippen MR) is 118 cm³/mol. The van der Waals surface area contributed by atoms with Crippen LogP contribution in [-0.4, -0.2) is 38.3 Å². The number of carbonyl (C=O) groups is 3. The van der Waals surface area contributed by atoms with E-state index in [0.29, 0.717) is 11.1 Å². The zero-order chi connectivity index (χ0) is 22.7. The normalized spacial score (nSPS) is 8.97. The van der Waals surface area contributed by atoms with Crippen LogP contribution in [0.4, 0.5) is 0 Å². The first-order valence-electron chi connectivity index (χ1n) is 8.72. The van der Waals surface area contributed by atoms with Crippen molar-refractivity contribution in [1.29, 1.82) is 0 Å². The molecule has 7 heteroatoms. The molecule has 31 heavy (non-hydrogen) atoms. The summed E-state index contributed by atoms with van der Waals surface area (Å²) in [6, 6.07) is 19.1. The average molecular weight is 426 g/mol. The molecule has 0 heterocycles. The zero-order valence-corrected chi connectivity index (χ0v) is 16.4. The second-order valence-electron chi connectivity index (χ2n) is 6.20. The number of phenolic OH excluding ortho intramolecular Hbond substituents is 1. The van der Waals surface area contributed by atoms with Gasteiger partial charge in [-0.15, -0.1) is 0 Å². The average Bonchev–Trinajstić information content (AvgIpc) is 2.69. The van der Waals surface area contributed by atoms with Crippen molar-refractivity contribution in [3.8, 4) is 5.75 Å². The van der Waals surface area contributed by atoms with E-state index < -0.39 is 17.9 Å². The van der Waals surface area contributed by atoms with Gasteiger partial charge in [0.25, 0.3) is 0 Å². The van der Waals surface area contributed by atoms with Crippen LogP contribution < -0.4 is 0 Å². The van der Waals surface area contributed by atoms with Gasteiger partial charge in [-0.3, -0.25) is 0 Å². The molecule has 0 saturated heterocycles. The van der Waals surface area contributed by atoms with Crippen LogP contribution in [0.15, 0.2) is 72.8 Å². The van der Waals surface area contributed by atoms with Crippen LogP contribution in [-0.2, 0) is 0 Å². The van der Waals surface area contributed by atoms with Crippen LogP contribution in [0.3, 0.4) is 0 Å². The minimum atomic E-state index is -1.03. The van der Waals surface area contributed by atoms with E-state index in [1.54, 1.807) is 42.5 Å². The number of hydrogen-bond donors (Lipinski definition) is 4. The van der Waals surface area contributed by atoms with E-state index in [0.717, 1.165) is 11.1 Å². The Kier molecular flexibility index (Phi) is 11.4. The van der Waals surface area contributed by atoms with Crippen molar-refractivity contribution in [2.24, 2.45) is 0 Å². The molecular weight excluding hydrogens is 400 g/mol. The highest BCUT2D eigenvalue weighted by molar-refractivity contribution is 5.88. The number of carboxylic acids is 3. The SMILES string of the molecule is C.Cc1ccc(C(=O)O)cc1.Cc1cccc(C(=O)O)c1.O=C(O)c1cccc(O)c1. The smallest absolute Gasteiger partial charge is 0.335 e. The van der Waals surface area contributed by atoms with Crippen molar-refractivity contribution >= 4 is 17.9 Å². The summed E-state index contributed by atoms with van der Waals surface area (Å²) in [6.45, 7) is 3.79. The van der Waals surface area contributed by atoms with Gasteiger partial charge in [0.15, 0.2) is 0 Å². The van der Waals surface area contributed by atoms with E-state index >= 15 is 0 Å². The summed E-state index contributed by atoms with van der Waals surface area (Å²) in [5.74, 6) is -2.81. The van der Waals surface area contributed by atoms with Gasteiger partial charge >= 0.3 is 17.9 Å². The number of phenols is 1. The summed E-state index contributed by atoms with van der Waals surface area (Å²) in [6.07, 6.45) is 0. The van der Waals surface area contributed by atoms with Crippen molar-refractivity contribution in [3.05, 3.63) is 101 Å². The minimum absolute atomic E-state index is 0. The van der Waals surface area contributed by atoms with Crippen LogP contribution >= 0.6 is 0 Å². The molecular formula is C24H26O7. The van der Waals surface area contributed by atoms with Gasteiger partial charge in [0.2, 0.25) is 0 Å². The van der Waals surface area contributed by atoms with Gasteiger partial charge in [-0.05, 0) is 56.3 Å². The second-order valence-corrected chi connectivity index (χ2v) is 6.20. The fourth-order valence-electron chi connectivity index (χ4n) is 2.11. The molecule has 3 rings (SSSR count). The lowest BCUT2D eigenvalue weighted by atomic mass is 10.1. The Labute approximate surface area is 180 Å². The largest absolute Gasteiger partial charge is 0.508 e. The lowest BCUT2D eigenvalue weighted by Gasteiger charge is -1.93. The van der Waals surface area contributed by atoms with Crippen LogP contribution in [0, 0.1) is 13.8 Å². The summed E-state index contributed by atoms with van der Waals surface area (Å²) < 4.78 is 0. The second kappa shape index (κ2) is 13.2. The zero-order valence-electron chi connectivity index (χ0n) is 16.4. The summed E-state index contributed by atoms with van der Waals surface area (Å²) in [7, 11) is 0. The van der Waals surface area contributed by atoms with Gasteiger partial charge < -0.3 is 20.4 Å². The first-order chi connectivity index (χ1) is 14.1. The number of hydrogen-bond acceptors (Lipinski definition) is 4. The molecule has 3 aromatic rings. The number of aryl methyl sites for hydroxylation is 2. The van der Waals surface area contributed by atoms with Gasteiger partial charge in [-0.25, -0.2) is 14.4 Å². The number of aromatic carboxylic acids is 3. The van der Waals surface area contributed by atoms with E-state index in [9.17, 15) is 14.4 Å². The molecule has 0 unspecified atom stereocenters. The third-order valence-electron chi connectivity index (χ3n) is 3.66. The fraction of sp³-hybridized carbons (Fsp3) is 0.125. The molecule has 0 spiro atoms. The van der Waals surface area contributed by atoms with Crippen molar-refractivity contribution < 1.29 is 34.8 Å². The number of rotatable bonds is 3. The summed E-state index contributed by atoms with van der Waals surface area (Å²) in [5.41, 5.74) is 2.83. The minimum Gasteiger partial charge on any atom is -0.508 e. The molecule has 0 aromatic heterocycles. The summed E-state index contributed by atoms with van der Waals surface area (Å²) >= 11 is 0. The maximum Gasteiger partial charge on any atom is 0.335 e. The molecule has 0 atom stereocenters. The Balaban J connectivity index is 0.000000429. The molecule has 0 radical (unpaired) electrons. The molecule has 0 saturated carbocycles. The highest BCUT2D eigenvalue weighted by Crippen LogP contribution is 2.10. The molecule has 0 aliphatic carbocycles. The van der Waals surface area contributed by atoms with Gasteiger partial charge in [0, 0.05) is 0 Å². The summed E-state index contributed by atoms with van der Waals surface area (Å²) in [5, 5.41) is 34.2. The highest BCUT2D eigenvalue weighted by atomic mass is 16.4. The van der Waals surface area contributed by atoms with Crippen molar-refractivity contribution in [3.63, 3.8) is 0 Å². The quantitative estimate of drug-likeness (QED) is 0.457. The highest BCUT2D eigenvalue weighted by Gasteiger charge is 2.01. The van der Waals surface area contributed by atoms with E-state index in [1.165, 1.54) is 24.3 Å². The molecule has 0 bridgehead atoms. The lowest BCUT2D eigenvalue weighted by molar-refractivity contribution is 0.0686. The Bertz CT molecular complexity index is 953. The maximum atomic E-state index is 10.4. The van der Waals surface area contributed by atoms with Gasteiger partial charge in [-0.2, -0.15) is 0 Å². The molecule has 0 aliphatic rings. The van der Waals surface area contributed by atoms with E-state index in [4.69, 9.17) is 20.4 Å². The Morgan fingerprint density at radius 2 is 1.03 bits per heavy atom. The molecule has 164 valence electrons. The van der Waals surface area contributed by atoms with Crippen LogP contribution in [0.5, 0.6) is 5.75 Å². The van der Waals surface area contributed by atoms with Crippen LogP contribution in [0.2, 0.25) is 0 Å². The van der Waals surface area contributed by atoms with Crippen molar-refractivity contribution in [2.75, 3.05) is 0 Å². The van der Waals surface area contributed by atoms with Gasteiger partial charge in [0.05, 0.1) is 16.7 Å². The maximum absolute atomic E-state index is 10.4. The molecule has 7 nitrogen and oxygen atoms in total. The Morgan fingerprint density at radius 3 is 1.39 bits per heavy atom. The standard InChI is InChI=1S/2C8H8O2.C7H6O3.CH4/c1-6-2-4-7(5-3-6)8(9)10;1-6-3-2-4-7(5-6)8(9)10;8-6-3-1-2-5(4-6)7(9)10;/h2*2-5H,1H3,(H,9,10);1-4,8H,(H,9,10);1H4. The molecule has 0 aliphatic heterocycles. The van der Waals surface area contributed by atoms with Gasteiger partial charge in [0.1, 0.15) is 5.75 Å². The van der Waals surface area contributed by atoms with E-state index in [1.807, 2.05) is 19.9 Å². The number of benzene rings is 3. The molecule has 0 amide bonds. The monoisotopic (exact) mass is 426 g/mol. The van der Waals surface area contributed by atoms with Crippen LogP contribution in [0.1, 0.15) is 49.6 Å². The first-order valence-corrected chi connectivity index (χ1v) is 8.72. The van der Waals surface area contributed by atoms with E-state index in [2.05, 4.69) is 0 Å². The third-order valence-corrected chi connectivity index (χ3v) is 3.66. The first kappa shape index (κ1) is 26.9. The Morgan fingerprint density at radius 1 is 0.581 bits per heavy atom. The van der Waals surface area contributed by atoms with E-state index in [-0.39, 0.29) is 18.7 Å². The van der Waals surface area contributed by atoms with Crippen LogP contribution in [0.25, 0.3) is 0 Å². The third kappa shape index (κ3) is 10.3. The molecule has 0 fully saturated rings. The van der Waals surface area contributed by atoms with Gasteiger partial charge in [-0.1, -0.05) is 48.9 Å². The Hall–Kier alpha value is -4.13. The van der Waals surface area contributed by atoms with Crippen molar-refractivity contribution in [1.82, 2.24) is 0 Å².